The largest absolute Gasteiger partial charge is 0.465 e. The fraction of sp³-hybridized carbons (Fsp3) is 0.100. The molecule has 0 aliphatic rings. The third-order valence-electron chi connectivity index (χ3n) is 3.89. The maximum atomic E-state index is 12.3. The van der Waals surface area contributed by atoms with Gasteiger partial charge < -0.3 is 10.1 Å². The van der Waals surface area contributed by atoms with E-state index in [4.69, 9.17) is 11.6 Å². The van der Waals surface area contributed by atoms with Crippen LogP contribution in [0.5, 0.6) is 0 Å². The first-order valence-electron chi connectivity index (χ1n) is 8.28. The quantitative estimate of drug-likeness (QED) is 0.668. The Morgan fingerprint density at radius 3 is 2.36 bits per heavy atom. The van der Waals surface area contributed by atoms with Gasteiger partial charge in [0.05, 0.1) is 18.4 Å². The number of nitrogens with one attached hydrogen (secondary N) is 1. The number of carbonyl (C=O) groups excluding carboxylic acids is 2. The van der Waals surface area contributed by atoms with E-state index in [1.807, 2.05) is 0 Å². The smallest absolute Gasteiger partial charge is 0.337 e. The van der Waals surface area contributed by atoms with Crippen LogP contribution in [-0.4, -0.2) is 28.8 Å². The summed E-state index contributed by atoms with van der Waals surface area (Å²) in [4.78, 5) is 35.8. The van der Waals surface area contributed by atoms with E-state index in [1.54, 1.807) is 42.5 Å². The SMILES string of the molecule is COC(=O)c1ccc(NC(=O)Cn2nc(-c3ccc(Cl)cc3)ccc2=O)cc1. The Labute approximate surface area is 165 Å². The second-order valence-electron chi connectivity index (χ2n) is 5.84. The molecule has 0 radical (unpaired) electrons. The normalized spacial score (nSPS) is 10.4. The molecular formula is C20H16ClN3O4. The Kier molecular flexibility index (Phi) is 5.86. The van der Waals surface area contributed by atoms with Crippen molar-refractivity contribution in [1.29, 1.82) is 0 Å². The van der Waals surface area contributed by atoms with Gasteiger partial charge in [-0.1, -0.05) is 23.7 Å². The molecule has 0 saturated heterocycles. The zero-order valence-electron chi connectivity index (χ0n) is 14.9. The van der Waals surface area contributed by atoms with Crippen molar-refractivity contribution in [3.63, 3.8) is 0 Å². The van der Waals surface area contributed by atoms with Crippen LogP contribution >= 0.6 is 11.6 Å². The minimum absolute atomic E-state index is 0.251. The maximum Gasteiger partial charge on any atom is 0.337 e. The molecule has 7 nitrogen and oxygen atoms in total. The topological polar surface area (TPSA) is 90.3 Å². The molecule has 3 rings (SSSR count). The van der Waals surface area contributed by atoms with E-state index in [0.717, 1.165) is 10.2 Å². The van der Waals surface area contributed by atoms with Crippen LogP contribution in [-0.2, 0) is 16.1 Å². The highest BCUT2D eigenvalue weighted by Gasteiger charge is 2.10. The number of benzene rings is 2. The Hall–Kier alpha value is -3.45. The molecule has 1 N–H and O–H groups in total. The van der Waals surface area contributed by atoms with E-state index in [2.05, 4.69) is 15.2 Å². The zero-order chi connectivity index (χ0) is 20.1. The summed E-state index contributed by atoms with van der Waals surface area (Å²) in [6.07, 6.45) is 0. The number of amides is 1. The predicted octanol–water partition coefficient (Wildman–Crippen LogP) is 2.99. The second-order valence-corrected chi connectivity index (χ2v) is 6.27. The molecule has 142 valence electrons. The van der Waals surface area contributed by atoms with Crippen molar-refractivity contribution < 1.29 is 14.3 Å². The first-order valence-corrected chi connectivity index (χ1v) is 8.66. The Balaban J connectivity index is 1.73. The average molecular weight is 398 g/mol. The fourth-order valence-corrected chi connectivity index (χ4v) is 2.61. The summed E-state index contributed by atoms with van der Waals surface area (Å²) < 4.78 is 5.71. The van der Waals surface area contributed by atoms with Gasteiger partial charge in [-0.05, 0) is 42.5 Å². The average Bonchev–Trinajstić information content (AvgIpc) is 2.70. The number of halogens is 1. The van der Waals surface area contributed by atoms with Gasteiger partial charge in [-0.15, -0.1) is 0 Å². The molecule has 0 bridgehead atoms. The summed E-state index contributed by atoms with van der Waals surface area (Å²) in [6, 6.07) is 16.2. The molecule has 1 aromatic heterocycles. The lowest BCUT2D eigenvalue weighted by molar-refractivity contribution is -0.117. The van der Waals surface area contributed by atoms with Gasteiger partial charge in [-0.3, -0.25) is 9.59 Å². The van der Waals surface area contributed by atoms with Gasteiger partial charge in [0.15, 0.2) is 0 Å². The molecule has 0 atom stereocenters. The van der Waals surface area contributed by atoms with Crippen molar-refractivity contribution in [2.75, 3.05) is 12.4 Å². The van der Waals surface area contributed by atoms with Crippen molar-refractivity contribution >= 4 is 29.2 Å². The van der Waals surface area contributed by atoms with Gasteiger partial charge in [0.2, 0.25) is 5.91 Å². The number of anilines is 1. The van der Waals surface area contributed by atoms with Gasteiger partial charge in [0.1, 0.15) is 6.54 Å². The van der Waals surface area contributed by atoms with E-state index in [0.29, 0.717) is 22.0 Å². The van der Waals surface area contributed by atoms with Crippen LogP contribution in [0.25, 0.3) is 11.3 Å². The van der Waals surface area contributed by atoms with Crippen LogP contribution in [0, 0.1) is 0 Å². The Morgan fingerprint density at radius 1 is 1.04 bits per heavy atom. The molecule has 3 aromatic rings. The Morgan fingerprint density at radius 2 is 1.71 bits per heavy atom. The molecule has 1 heterocycles. The van der Waals surface area contributed by atoms with Crippen molar-refractivity contribution in [2.24, 2.45) is 0 Å². The number of nitrogens with zero attached hydrogens (tertiary/aromatic N) is 2. The lowest BCUT2D eigenvalue weighted by atomic mass is 10.1. The van der Waals surface area contributed by atoms with Gasteiger partial charge in [0.25, 0.3) is 5.56 Å². The summed E-state index contributed by atoms with van der Waals surface area (Å²) >= 11 is 5.88. The zero-order valence-corrected chi connectivity index (χ0v) is 15.6. The highest BCUT2D eigenvalue weighted by molar-refractivity contribution is 6.30. The van der Waals surface area contributed by atoms with Crippen LogP contribution in [0.3, 0.4) is 0 Å². The van der Waals surface area contributed by atoms with Crippen LogP contribution in [0.1, 0.15) is 10.4 Å². The first kappa shape index (κ1) is 19.3. The van der Waals surface area contributed by atoms with Gasteiger partial charge in [-0.25, -0.2) is 9.48 Å². The van der Waals surface area contributed by atoms with E-state index in [9.17, 15) is 14.4 Å². The van der Waals surface area contributed by atoms with Gasteiger partial charge >= 0.3 is 5.97 Å². The summed E-state index contributed by atoms with van der Waals surface area (Å²) in [5.41, 5.74) is 1.78. The van der Waals surface area contributed by atoms with E-state index in [1.165, 1.54) is 25.3 Å². The van der Waals surface area contributed by atoms with Crippen LogP contribution in [0.15, 0.2) is 65.5 Å². The number of carbonyl (C=O) groups is 2. The molecule has 8 heteroatoms. The molecule has 0 aliphatic carbocycles. The first-order chi connectivity index (χ1) is 13.5. The third kappa shape index (κ3) is 4.63. The summed E-state index contributed by atoms with van der Waals surface area (Å²) in [7, 11) is 1.29. The molecule has 0 spiro atoms. The van der Waals surface area contributed by atoms with Crippen molar-refractivity contribution in [3.05, 3.63) is 81.6 Å². The lowest BCUT2D eigenvalue weighted by Crippen LogP contribution is -2.29. The number of aromatic nitrogens is 2. The predicted molar refractivity (Wildman–Crippen MR) is 105 cm³/mol. The monoisotopic (exact) mass is 397 g/mol. The highest BCUT2D eigenvalue weighted by atomic mass is 35.5. The number of esters is 1. The van der Waals surface area contributed by atoms with Crippen molar-refractivity contribution in [3.8, 4) is 11.3 Å². The van der Waals surface area contributed by atoms with Crippen LogP contribution < -0.4 is 10.9 Å². The van der Waals surface area contributed by atoms with Crippen molar-refractivity contribution in [2.45, 2.75) is 6.54 Å². The molecular weight excluding hydrogens is 382 g/mol. The standard InChI is InChI=1S/C20H16ClN3O4/c1-28-20(27)14-4-8-16(9-5-14)22-18(25)12-24-19(26)11-10-17(23-24)13-2-6-15(21)7-3-13/h2-11H,12H2,1H3,(H,22,25). The number of methoxy groups -OCH3 is 1. The third-order valence-corrected chi connectivity index (χ3v) is 4.14. The van der Waals surface area contributed by atoms with E-state index >= 15 is 0 Å². The summed E-state index contributed by atoms with van der Waals surface area (Å²) in [5, 5.41) is 7.49. The number of rotatable bonds is 5. The van der Waals surface area contributed by atoms with Crippen LogP contribution in [0.2, 0.25) is 5.02 Å². The van der Waals surface area contributed by atoms with Gasteiger partial charge in [0, 0.05) is 22.3 Å². The minimum Gasteiger partial charge on any atom is -0.465 e. The van der Waals surface area contributed by atoms with Crippen LogP contribution in [0.4, 0.5) is 5.69 Å². The van der Waals surface area contributed by atoms with Gasteiger partial charge in [-0.2, -0.15) is 5.10 Å². The number of hydrogen-bond acceptors (Lipinski definition) is 5. The van der Waals surface area contributed by atoms with E-state index in [-0.39, 0.29) is 6.54 Å². The molecule has 0 fully saturated rings. The maximum absolute atomic E-state index is 12.3. The minimum atomic E-state index is -0.465. The Bertz CT molecular complexity index is 1060. The molecule has 28 heavy (non-hydrogen) atoms. The molecule has 0 unspecified atom stereocenters. The number of hydrogen-bond donors (Lipinski definition) is 1. The molecule has 0 saturated carbocycles. The van der Waals surface area contributed by atoms with E-state index < -0.39 is 17.4 Å². The lowest BCUT2D eigenvalue weighted by Gasteiger charge is -2.09. The molecule has 2 aromatic carbocycles. The molecule has 0 aliphatic heterocycles. The second kappa shape index (κ2) is 8.49. The number of ether oxygens (including phenoxy) is 1. The highest BCUT2D eigenvalue weighted by Crippen LogP contribution is 2.18. The molecule has 1 amide bonds. The summed E-state index contributed by atoms with van der Waals surface area (Å²) in [6.45, 7) is -0.251. The fourth-order valence-electron chi connectivity index (χ4n) is 2.48. The summed E-state index contributed by atoms with van der Waals surface area (Å²) in [5.74, 6) is -0.888. The van der Waals surface area contributed by atoms with Crippen molar-refractivity contribution in [1.82, 2.24) is 9.78 Å².